The summed E-state index contributed by atoms with van der Waals surface area (Å²) in [4.78, 5) is 0. The number of rotatable bonds is 0. The fraction of sp³-hybridized carbons (Fsp3) is 1.00. The van der Waals surface area contributed by atoms with E-state index >= 15 is 0 Å². The maximum Gasteiger partial charge on any atom is 0.483 e. The molecule has 108 valence electrons. The van der Waals surface area contributed by atoms with Crippen LogP contribution >= 0.6 is 0 Å². The second kappa shape index (κ2) is 3.42. The molecule has 1 heterocycles. The van der Waals surface area contributed by atoms with E-state index < -0.39 is 37.4 Å². The van der Waals surface area contributed by atoms with Crippen molar-refractivity contribution in [3.05, 3.63) is 0 Å². The average molecular weight is 300 g/mol. The monoisotopic (exact) mass is 300 g/mol. The van der Waals surface area contributed by atoms with Crippen molar-refractivity contribution in [1.29, 1.82) is 0 Å². The number of hydrogen-bond acceptors (Lipinski definition) is 0. The molecule has 0 spiro atoms. The molecule has 0 aliphatic carbocycles. The third-order valence-corrected chi connectivity index (χ3v) is 17.9. The lowest BCUT2D eigenvalue weighted by atomic mass is 9.56. The summed E-state index contributed by atoms with van der Waals surface area (Å²) in [7, 11) is -11.2. The van der Waals surface area contributed by atoms with Crippen LogP contribution in [0.3, 0.4) is 0 Å². The van der Waals surface area contributed by atoms with E-state index in [4.69, 9.17) is 0 Å². The smallest absolute Gasteiger partial charge is 0.268 e. The Balaban J connectivity index is 3.72. The van der Waals surface area contributed by atoms with E-state index in [0.717, 1.165) is 0 Å². The Hall–Kier alpha value is 0.154. The third-order valence-electron chi connectivity index (χ3n) is 6.65. The van der Waals surface area contributed by atoms with E-state index in [1.165, 1.54) is 27.7 Å². The predicted octanol–water partition coefficient (Wildman–Crippen LogP) is 5.45. The number of hydrogen-bond donors (Lipinski definition) is 0. The molecule has 0 unspecified atom stereocenters. The van der Waals surface area contributed by atoms with Gasteiger partial charge >= 0.3 is 16.5 Å². The normalized spacial score (nSPS) is 34.0. The van der Waals surface area contributed by atoms with Gasteiger partial charge in [0.05, 0.1) is 0 Å². The Morgan fingerprint density at radius 3 is 0.833 bits per heavy atom. The van der Waals surface area contributed by atoms with Crippen molar-refractivity contribution in [1.82, 2.24) is 0 Å². The van der Waals surface area contributed by atoms with Gasteiger partial charge in [-0.1, -0.05) is 55.4 Å². The van der Waals surface area contributed by atoms with Crippen molar-refractivity contribution in [3.63, 3.8) is 0 Å². The van der Waals surface area contributed by atoms with Gasteiger partial charge in [-0.05, 0) is 10.8 Å². The maximum absolute atomic E-state index is 14.5. The largest absolute Gasteiger partial charge is 0.483 e. The molecular weight excluding hydrogens is 276 g/mol. The summed E-state index contributed by atoms with van der Waals surface area (Å²) < 4.78 is 58.2. The van der Waals surface area contributed by atoms with Crippen LogP contribution in [-0.2, 0) is 0 Å². The summed E-state index contributed by atoms with van der Waals surface area (Å²) in [5.41, 5.74) is -1.68. The minimum absolute atomic E-state index is 0.839. The molecule has 1 saturated heterocycles. The van der Waals surface area contributed by atoms with Crippen LogP contribution in [0, 0.1) is 10.8 Å². The molecule has 0 nitrogen and oxygen atoms in total. The highest BCUT2D eigenvalue weighted by Crippen LogP contribution is 2.77. The topological polar surface area (TPSA) is 0 Å². The van der Waals surface area contributed by atoms with Crippen LogP contribution in [0.5, 0.6) is 0 Å². The fourth-order valence-electron chi connectivity index (χ4n) is 3.13. The van der Waals surface area contributed by atoms with Gasteiger partial charge < -0.3 is 0 Å². The lowest BCUT2D eigenvalue weighted by molar-refractivity contribution is -0.00309. The van der Waals surface area contributed by atoms with Crippen LogP contribution in [0.15, 0.2) is 0 Å². The zero-order chi connectivity index (χ0) is 15.0. The molecule has 1 rings (SSSR count). The van der Waals surface area contributed by atoms with E-state index in [1.54, 1.807) is 27.7 Å². The molecule has 0 amide bonds. The lowest BCUT2D eigenvalue weighted by Gasteiger charge is -2.66. The Kier molecular flexibility index (Phi) is 3.08. The molecule has 0 aromatic heterocycles. The minimum Gasteiger partial charge on any atom is -0.268 e. The van der Waals surface area contributed by atoms with Gasteiger partial charge in [0.1, 0.15) is 0 Å². The Morgan fingerprint density at radius 2 is 0.667 bits per heavy atom. The van der Waals surface area contributed by atoms with Crippen LogP contribution in [0.4, 0.5) is 16.4 Å². The van der Waals surface area contributed by atoms with Crippen LogP contribution in [0.1, 0.15) is 55.4 Å². The van der Waals surface area contributed by atoms with Gasteiger partial charge in [-0.2, -0.15) is 0 Å². The van der Waals surface area contributed by atoms with Gasteiger partial charge in [0, 0.05) is 10.1 Å². The quantitative estimate of drug-likeness (QED) is 0.317. The molecule has 1 aliphatic rings. The first-order valence-corrected chi connectivity index (χ1v) is 10.8. The molecule has 0 aromatic carbocycles. The van der Waals surface area contributed by atoms with E-state index in [2.05, 4.69) is 0 Å². The third kappa shape index (κ3) is 1.26. The van der Waals surface area contributed by atoms with E-state index in [9.17, 15) is 16.4 Å². The highest BCUT2D eigenvalue weighted by atomic mass is 29.3. The second-order valence-electron chi connectivity index (χ2n) is 7.65. The zero-order valence-corrected chi connectivity index (χ0v) is 14.5. The highest BCUT2D eigenvalue weighted by molar-refractivity contribution is 7.33. The maximum atomic E-state index is 14.5. The summed E-state index contributed by atoms with van der Waals surface area (Å²) in [5, 5.41) is -3.18. The molecule has 1 aliphatic heterocycles. The van der Waals surface area contributed by atoms with Crippen molar-refractivity contribution in [3.8, 4) is 0 Å². The molecule has 0 aromatic rings. The Morgan fingerprint density at radius 1 is 0.500 bits per heavy atom. The molecule has 1 fully saturated rings. The van der Waals surface area contributed by atoms with Gasteiger partial charge in [0.25, 0.3) is 0 Å². The second-order valence-corrected chi connectivity index (χ2v) is 16.2. The van der Waals surface area contributed by atoms with Gasteiger partial charge in [0.2, 0.25) is 0 Å². The summed E-state index contributed by atoms with van der Waals surface area (Å²) in [6, 6.07) is 0. The van der Waals surface area contributed by atoms with Crippen molar-refractivity contribution in [2.75, 3.05) is 0 Å². The molecule has 0 bridgehead atoms. The van der Waals surface area contributed by atoms with E-state index in [0.29, 0.717) is 0 Å². The van der Waals surface area contributed by atoms with E-state index in [1.807, 2.05) is 0 Å². The first kappa shape index (κ1) is 16.2. The summed E-state index contributed by atoms with van der Waals surface area (Å²) in [5.74, 6) is 0. The molecule has 0 atom stereocenters. The summed E-state index contributed by atoms with van der Waals surface area (Å²) in [6.07, 6.45) is 0. The van der Waals surface area contributed by atoms with E-state index in [-0.39, 0.29) is 0 Å². The van der Waals surface area contributed by atoms with Crippen LogP contribution in [-0.4, -0.2) is 16.5 Å². The van der Waals surface area contributed by atoms with Gasteiger partial charge in [-0.15, -0.1) is 0 Å². The molecule has 0 saturated carbocycles. The van der Waals surface area contributed by atoms with Gasteiger partial charge in [-0.3, -0.25) is 16.4 Å². The first-order valence-electron chi connectivity index (χ1n) is 6.26. The summed E-state index contributed by atoms with van der Waals surface area (Å²) >= 11 is 0. The molecule has 6 heteroatoms. The molecule has 18 heavy (non-hydrogen) atoms. The van der Waals surface area contributed by atoms with Crippen molar-refractivity contribution in [2.24, 2.45) is 10.8 Å². The predicted molar refractivity (Wildman–Crippen MR) is 71.6 cm³/mol. The zero-order valence-electron chi connectivity index (χ0n) is 12.5. The SMILES string of the molecule is CC1(C)C(C)(C)C(C)(C)[Si](F)(F)[Si](F)(F)C1(C)C. The van der Waals surface area contributed by atoms with Gasteiger partial charge in [0.15, 0.2) is 0 Å². The van der Waals surface area contributed by atoms with Crippen LogP contribution < -0.4 is 0 Å². The average Bonchev–Trinajstić information content (AvgIpc) is 2.14. The Labute approximate surface area is 110 Å². The fourth-order valence-corrected chi connectivity index (χ4v) is 13.5. The minimum atomic E-state index is -5.60. The van der Waals surface area contributed by atoms with Crippen molar-refractivity contribution in [2.45, 2.75) is 65.5 Å². The molecular formula is C12H24F4Si2. The lowest BCUT2D eigenvalue weighted by Crippen LogP contribution is -2.75. The van der Waals surface area contributed by atoms with Crippen molar-refractivity contribution < 1.29 is 16.4 Å². The highest BCUT2D eigenvalue weighted by Gasteiger charge is 2.88. The standard InChI is InChI=1S/C12H24F4Si2/c1-9(2)10(3,4)12(7,8)18(15,16)17(13,14)11(9,5)6/h1-8H3. The van der Waals surface area contributed by atoms with Crippen LogP contribution in [0.2, 0.25) is 10.1 Å². The summed E-state index contributed by atoms with van der Waals surface area (Å²) in [6.45, 7) is 12.3. The Bertz CT molecular complexity index is 253. The molecule has 0 N–H and O–H groups in total. The first-order chi connectivity index (χ1) is 7.50. The molecule has 0 radical (unpaired) electrons. The van der Waals surface area contributed by atoms with Crippen LogP contribution in [0.25, 0.3) is 0 Å². The van der Waals surface area contributed by atoms with Crippen molar-refractivity contribution >= 4 is 16.5 Å². The van der Waals surface area contributed by atoms with Gasteiger partial charge in [-0.25, -0.2) is 0 Å². The number of halogens is 4.